The van der Waals surface area contributed by atoms with E-state index in [9.17, 15) is 0 Å². The van der Waals surface area contributed by atoms with Crippen LogP contribution in [0.1, 0.15) is 0 Å². The molecule has 3 nitrogen and oxygen atoms in total. The van der Waals surface area contributed by atoms with Gasteiger partial charge < -0.3 is 4.40 Å². The van der Waals surface area contributed by atoms with Crippen LogP contribution in [0.4, 0.5) is 0 Å². The number of aromatic nitrogens is 3. The van der Waals surface area contributed by atoms with Crippen molar-refractivity contribution in [2.75, 3.05) is 0 Å². The molecule has 3 heterocycles. The molecule has 0 aliphatic heterocycles. The second-order valence-corrected chi connectivity index (χ2v) is 4.74. The molecule has 0 aliphatic rings. The molecule has 3 aromatic heterocycles. The molecule has 0 fully saturated rings. The summed E-state index contributed by atoms with van der Waals surface area (Å²) < 4.78 is 2.18. The van der Waals surface area contributed by atoms with Crippen molar-refractivity contribution in [1.29, 1.82) is 0 Å². The third kappa shape index (κ3) is 1.32. The second-order valence-electron chi connectivity index (χ2n) is 4.74. The number of imidazole rings is 1. The Labute approximate surface area is 127 Å². The first-order chi connectivity index (χ1) is 9.42. The molecule has 4 heteroatoms. The first kappa shape index (κ1) is 11.8. The zero-order chi connectivity index (χ0) is 12.4. The first-order valence-electron chi connectivity index (χ1n) is 6.20. The predicted octanol–water partition coefficient (Wildman–Crippen LogP) is 3.42. The van der Waals surface area contributed by atoms with Gasteiger partial charge in [-0.3, -0.25) is 9.97 Å². The molecule has 0 amide bonds. The Hall–Kier alpha value is -2.03. The van der Waals surface area contributed by atoms with Crippen molar-refractivity contribution in [3.63, 3.8) is 0 Å². The van der Waals surface area contributed by atoms with Gasteiger partial charge in [-0.05, 0) is 12.1 Å². The maximum absolute atomic E-state index is 4.76. The number of nitrogens with zero attached hydrogens (tertiary/aromatic N) is 3. The summed E-state index contributed by atoms with van der Waals surface area (Å²) in [5.74, 6) is 0. The Morgan fingerprint density at radius 2 is 1.95 bits per heavy atom. The summed E-state index contributed by atoms with van der Waals surface area (Å²) in [6, 6.07) is 17.5. The molecule has 0 bridgehead atoms. The van der Waals surface area contributed by atoms with Gasteiger partial charge in [-0.15, -0.1) is 35.0 Å². The van der Waals surface area contributed by atoms with Gasteiger partial charge in [0.2, 0.25) is 0 Å². The summed E-state index contributed by atoms with van der Waals surface area (Å²) in [6.07, 6.45) is 1.91. The number of hydrogen-bond donors (Lipinski definition) is 0. The minimum atomic E-state index is 0. The van der Waals surface area contributed by atoms with E-state index < -0.39 is 0 Å². The number of hydrogen-bond acceptors (Lipinski definition) is 2. The smallest absolute Gasteiger partial charge is 0.0896 e. The fraction of sp³-hybridized carbons (Fsp3) is 0. The summed E-state index contributed by atoms with van der Waals surface area (Å²) in [7, 11) is 0. The van der Waals surface area contributed by atoms with Gasteiger partial charge in [-0.2, -0.15) is 0 Å². The third-order valence-electron chi connectivity index (χ3n) is 3.66. The number of pyridine rings is 1. The van der Waals surface area contributed by atoms with Crippen molar-refractivity contribution in [3.8, 4) is 0 Å². The van der Waals surface area contributed by atoms with Crippen LogP contribution in [-0.4, -0.2) is 14.4 Å². The van der Waals surface area contributed by atoms with Crippen LogP contribution in [0.2, 0.25) is 0 Å². The van der Waals surface area contributed by atoms with Crippen LogP contribution < -0.4 is 0 Å². The van der Waals surface area contributed by atoms with Crippen molar-refractivity contribution >= 4 is 38.5 Å². The molecule has 5 aromatic rings. The average Bonchev–Trinajstić information content (AvgIpc) is 2.85. The number of fused-ring (bicyclic) bond motifs is 2. The summed E-state index contributed by atoms with van der Waals surface area (Å²) in [5.41, 5.74) is 5.09. The van der Waals surface area contributed by atoms with Crippen LogP contribution in [0, 0.1) is 6.07 Å². The van der Waals surface area contributed by atoms with Crippen LogP contribution in [0.25, 0.3) is 38.5 Å². The molecule has 0 atom stereocenters. The van der Waals surface area contributed by atoms with Gasteiger partial charge in [-0.25, -0.2) is 0 Å². The molecule has 0 saturated heterocycles. The summed E-state index contributed by atoms with van der Waals surface area (Å²) in [6.45, 7) is 0. The Morgan fingerprint density at radius 3 is 2.90 bits per heavy atom. The molecule has 0 N–H and O–H groups in total. The largest absolute Gasteiger partial charge is 0.331 e. The Balaban J connectivity index is 0.00000106. The standard InChI is InChI=1S/C16H8N3.Ir/c1-2-5-12-10(4-1)8-11-9-17-13-6-3-7-14-15(13)19(11)16(12)18-14;/h1-4,6-9H;/q-1;. The molecule has 20 heavy (non-hydrogen) atoms. The van der Waals surface area contributed by atoms with E-state index in [0.29, 0.717) is 0 Å². The van der Waals surface area contributed by atoms with Crippen molar-refractivity contribution in [1.82, 2.24) is 14.4 Å². The van der Waals surface area contributed by atoms with E-state index in [4.69, 9.17) is 4.98 Å². The minimum absolute atomic E-state index is 0. The van der Waals surface area contributed by atoms with E-state index in [2.05, 4.69) is 27.6 Å². The zero-order valence-corrected chi connectivity index (χ0v) is 12.7. The molecule has 0 unspecified atom stereocenters. The summed E-state index contributed by atoms with van der Waals surface area (Å²) in [4.78, 5) is 9.28. The topological polar surface area (TPSA) is 30.2 Å². The van der Waals surface area contributed by atoms with Crippen LogP contribution in [0.5, 0.6) is 0 Å². The molecule has 2 aromatic carbocycles. The van der Waals surface area contributed by atoms with Crippen molar-refractivity contribution in [2.45, 2.75) is 0 Å². The molecule has 1 radical (unpaired) electrons. The van der Waals surface area contributed by atoms with Gasteiger partial charge >= 0.3 is 0 Å². The van der Waals surface area contributed by atoms with Gasteiger partial charge in [0.15, 0.2) is 0 Å². The van der Waals surface area contributed by atoms with Crippen LogP contribution in [0.3, 0.4) is 0 Å². The number of rotatable bonds is 0. The van der Waals surface area contributed by atoms with Gasteiger partial charge in [0.05, 0.1) is 28.4 Å². The zero-order valence-electron chi connectivity index (χ0n) is 10.3. The minimum Gasteiger partial charge on any atom is -0.331 e. The SMILES string of the molecule is [Ir].[c-]1cccc2cc3cnc4cccc5nc(c12)n3c45. The molecule has 97 valence electrons. The fourth-order valence-electron chi connectivity index (χ4n) is 2.85. The Bertz CT molecular complexity index is 1060. The van der Waals surface area contributed by atoms with E-state index in [1.807, 2.05) is 36.5 Å². The average molecular weight is 434 g/mol. The molecule has 5 rings (SSSR count). The number of benzene rings is 2. The molecular formula is C16H8IrN3-. The van der Waals surface area contributed by atoms with Crippen LogP contribution >= 0.6 is 0 Å². The monoisotopic (exact) mass is 435 g/mol. The third-order valence-corrected chi connectivity index (χ3v) is 3.66. The van der Waals surface area contributed by atoms with Crippen molar-refractivity contribution < 1.29 is 20.1 Å². The maximum atomic E-state index is 4.76. The Kier molecular flexibility index (Phi) is 2.34. The van der Waals surface area contributed by atoms with Gasteiger partial charge in [0.1, 0.15) is 0 Å². The molecule has 0 saturated carbocycles. The van der Waals surface area contributed by atoms with E-state index in [0.717, 1.165) is 38.5 Å². The maximum Gasteiger partial charge on any atom is 0.0896 e. The molecule has 0 spiro atoms. The van der Waals surface area contributed by atoms with Gasteiger partial charge in [-0.1, -0.05) is 12.1 Å². The fourth-order valence-corrected chi connectivity index (χ4v) is 2.85. The van der Waals surface area contributed by atoms with Gasteiger partial charge in [0, 0.05) is 25.6 Å². The van der Waals surface area contributed by atoms with Crippen molar-refractivity contribution in [3.05, 3.63) is 54.7 Å². The molecule has 0 aliphatic carbocycles. The van der Waals surface area contributed by atoms with E-state index in [-0.39, 0.29) is 20.1 Å². The van der Waals surface area contributed by atoms with Crippen LogP contribution in [-0.2, 0) is 20.1 Å². The number of para-hydroxylation sites is 1. The second kappa shape index (κ2) is 3.98. The predicted molar refractivity (Wildman–Crippen MR) is 75.5 cm³/mol. The van der Waals surface area contributed by atoms with Crippen LogP contribution in [0.15, 0.2) is 48.7 Å². The normalized spacial score (nSPS) is 11.6. The first-order valence-corrected chi connectivity index (χ1v) is 6.20. The molecular weight excluding hydrogens is 426 g/mol. The van der Waals surface area contributed by atoms with E-state index >= 15 is 0 Å². The Morgan fingerprint density at radius 1 is 1.05 bits per heavy atom. The van der Waals surface area contributed by atoms with E-state index in [1.54, 1.807) is 0 Å². The quantitative estimate of drug-likeness (QED) is 0.212. The summed E-state index contributed by atoms with van der Waals surface area (Å²) >= 11 is 0. The van der Waals surface area contributed by atoms with Crippen molar-refractivity contribution in [2.24, 2.45) is 0 Å². The summed E-state index contributed by atoms with van der Waals surface area (Å²) in [5, 5.41) is 2.21. The van der Waals surface area contributed by atoms with E-state index in [1.165, 1.54) is 0 Å². The van der Waals surface area contributed by atoms with Gasteiger partial charge in [0.25, 0.3) is 0 Å².